The molecule has 2 fully saturated rings. The van der Waals surface area contributed by atoms with Crippen molar-refractivity contribution in [1.29, 1.82) is 0 Å². The Morgan fingerprint density at radius 3 is 2.79 bits per heavy atom. The van der Waals surface area contributed by atoms with Crippen LogP contribution in [-0.4, -0.2) is 66.8 Å². The van der Waals surface area contributed by atoms with Crippen molar-refractivity contribution in [3.8, 4) is 0 Å². The molecular weight excluding hydrogens is 238 g/mol. The summed E-state index contributed by atoms with van der Waals surface area (Å²) < 4.78 is 0. The van der Waals surface area contributed by atoms with E-state index in [1.807, 2.05) is 0 Å². The summed E-state index contributed by atoms with van der Waals surface area (Å²) in [5.41, 5.74) is 6.00. The van der Waals surface area contributed by atoms with Crippen LogP contribution >= 0.6 is 0 Å². The first-order valence-electron chi connectivity index (χ1n) is 7.83. The van der Waals surface area contributed by atoms with E-state index >= 15 is 0 Å². The van der Waals surface area contributed by atoms with Crippen molar-refractivity contribution in [2.75, 3.05) is 40.3 Å². The van der Waals surface area contributed by atoms with E-state index in [0.29, 0.717) is 5.92 Å². The number of nitrogens with zero attached hydrogens (tertiary/aromatic N) is 2. The van der Waals surface area contributed by atoms with Gasteiger partial charge < -0.3 is 20.6 Å². The first kappa shape index (κ1) is 15.2. The lowest BCUT2D eigenvalue weighted by atomic mass is 9.86. The van der Waals surface area contributed by atoms with Gasteiger partial charge in [0.15, 0.2) is 0 Å². The van der Waals surface area contributed by atoms with Crippen LogP contribution in [0.2, 0.25) is 0 Å². The lowest BCUT2D eigenvalue weighted by Crippen LogP contribution is -2.48. The molecule has 112 valence electrons. The molecule has 1 aliphatic carbocycles. The van der Waals surface area contributed by atoms with E-state index in [-0.39, 0.29) is 12.1 Å². The molecule has 1 saturated carbocycles. The maximum absolute atomic E-state index is 9.48. The van der Waals surface area contributed by atoms with Gasteiger partial charge in [0, 0.05) is 18.1 Å². The highest BCUT2D eigenvalue weighted by Crippen LogP contribution is 2.35. The molecule has 0 aromatic carbocycles. The predicted octanol–water partition coefficient (Wildman–Crippen LogP) is 0.892. The number of likely N-dealkylation sites (N-methyl/N-ethyl adjacent to an activating group) is 2. The van der Waals surface area contributed by atoms with E-state index in [0.717, 1.165) is 25.4 Å². The fraction of sp³-hybridized carbons (Fsp3) is 1.00. The second-order valence-corrected chi connectivity index (χ2v) is 6.81. The zero-order valence-electron chi connectivity index (χ0n) is 12.6. The van der Waals surface area contributed by atoms with Crippen LogP contribution in [0, 0.1) is 5.92 Å². The minimum atomic E-state index is -0.301. The highest BCUT2D eigenvalue weighted by atomic mass is 16.3. The topological polar surface area (TPSA) is 52.7 Å². The minimum absolute atomic E-state index is 0.146. The molecule has 4 heteroatoms. The van der Waals surface area contributed by atoms with E-state index in [1.165, 1.54) is 38.8 Å². The fourth-order valence-electron chi connectivity index (χ4n) is 3.85. The lowest BCUT2D eigenvalue weighted by Gasteiger charge is -2.32. The molecule has 2 aliphatic rings. The summed E-state index contributed by atoms with van der Waals surface area (Å²) in [6, 6.07) is 0.731. The van der Waals surface area contributed by atoms with Crippen molar-refractivity contribution in [2.45, 2.75) is 50.1 Å². The third kappa shape index (κ3) is 3.69. The molecule has 1 aliphatic heterocycles. The molecule has 0 spiro atoms. The van der Waals surface area contributed by atoms with Gasteiger partial charge in [-0.05, 0) is 65.2 Å². The monoisotopic (exact) mass is 269 g/mol. The number of hydrogen-bond donors (Lipinski definition) is 2. The third-order valence-corrected chi connectivity index (χ3v) is 5.36. The molecule has 1 heterocycles. The standard InChI is InChI=1S/C15H31N3O/c1-17(11-14-6-4-9-18(14)2)10-7-13-5-3-8-15(13,16)12-19/h13-14,19H,3-12,16H2,1-2H3. The second kappa shape index (κ2) is 6.53. The molecule has 0 aromatic heterocycles. The highest BCUT2D eigenvalue weighted by molar-refractivity contribution is 4.96. The van der Waals surface area contributed by atoms with Crippen molar-refractivity contribution >= 4 is 0 Å². The van der Waals surface area contributed by atoms with Crippen molar-refractivity contribution in [2.24, 2.45) is 11.7 Å². The van der Waals surface area contributed by atoms with Gasteiger partial charge in [-0.3, -0.25) is 0 Å². The van der Waals surface area contributed by atoms with Crippen LogP contribution in [0.5, 0.6) is 0 Å². The van der Waals surface area contributed by atoms with Crippen LogP contribution < -0.4 is 5.73 Å². The van der Waals surface area contributed by atoms with E-state index < -0.39 is 0 Å². The van der Waals surface area contributed by atoms with E-state index in [1.54, 1.807) is 0 Å². The Morgan fingerprint density at radius 2 is 2.16 bits per heavy atom. The highest BCUT2D eigenvalue weighted by Gasteiger charge is 2.38. The molecule has 19 heavy (non-hydrogen) atoms. The van der Waals surface area contributed by atoms with Crippen molar-refractivity contribution in [1.82, 2.24) is 9.80 Å². The zero-order chi connectivity index (χ0) is 13.9. The molecule has 0 aromatic rings. The summed E-state index contributed by atoms with van der Waals surface area (Å²) in [6.45, 7) is 3.66. The van der Waals surface area contributed by atoms with E-state index in [9.17, 15) is 5.11 Å². The number of aliphatic hydroxyl groups is 1. The van der Waals surface area contributed by atoms with Crippen molar-refractivity contribution in [3.63, 3.8) is 0 Å². The van der Waals surface area contributed by atoms with Gasteiger partial charge in [-0.15, -0.1) is 0 Å². The van der Waals surface area contributed by atoms with Gasteiger partial charge in [0.25, 0.3) is 0 Å². The number of aliphatic hydroxyl groups excluding tert-OH is 1. The van der Waals surface area contributed by atoms with Gasteiger partial charge in [0.2, 0.25) is 0 Å². The number of hydrogen-bond acceptors (Lipinski definition) is 4. The first-order chi connectivity index (χ1) is 9.05. The Kier molecular flexibility index (Phi) is 5.23. The third-order valence-electron chi connectivity index (χ3n) is 5.36. The Labute approximate surface area is 117 Å². The molecule has 4 nitrogen and oxygen atoms in total. The van der Waals surface area contributed by atoms with Gasteiger partial charge in [-0.1, -0.05) is 6.42 Å². The lowest BCUT2D eigenvalue weighted by molar-refractivity contribution is 0.142. The van der Waals surface area contributed by atoms with Gasteiger partial charge in [-0.25, -0.2) is 0 Å². The molecular formula is C15H31N3O. The average Bonchev–Trinajstić information content (AvgIpc) is 2.95. The van der Waals surface area contributed by atoms with Crippen LogP contribution in [0.4, 0.5) is 0 Å². The summed E-state index contributed by atoms with van der Waals surface area (Å²) >= 11 is 0. The summed E-state index contributed by atoms with van der Waals surface area (Å²) in [4.78, 5) is 4.93. The Bertz CT molecular complexity index is 287. The van der Waals surface area contributed by atoms with Gasteiger partial charge in [0.1, 0.15) is 0 Å². The van der Waals surface area contributed by atoms with Gasteiger partial charge in [0.05, 0.1) is 6.61 Å². The summed E-state index contributed by atoms with van der Waals surface area (Å²) in [5, 5.41) is 9.48. The molecule has 3 unspecified atom stereocenters. The predicted molar refractivity (Wildman–Crippen MR) is 79.1 cm³/mol. The van der Waals surface area contributed by atoms with E-state index in [4.69, 9.17) is 5.73 Å². The Morgan fingerprint density at radius 1 is 1.37 bits per heavy atom. The molecule has 3 N–H and O–H groups in total. The smallest absolute Gasteiger partial charge is 0.0613 e. The van der Waals surface area contributed by atoms with Crippen LogP contribution in [0.1, 0.15) is 38.5 Å². The molecule has 0 radical (unpaired) electrons. The normalized spacial score (nSPS) is 36.5. The maximum Gasteiger partial charge on any atom is 0.0613 e. The van der Waals surface area contributed by atoms with Crippen LogP contribution in [0.25, 0.3) is 0 Å². The minimum Gasteiger partial charge on any atom is -0.394 e. The fourth-order valence-corrected chi connectivity index (χ4v) is 3.85. The molecule has 0 bridgehead atoms. The Hall–Kier alpha value is -0.160. The Balaban J connectivity index is 1.72. The molecule has 0 amide bonds. The largest absolute Gasteiger partial charge is 0.394 e. The van der Waals surface area contributed by atoms with Crippen LogP contribution in [0.15, 0.2) is 0 Å². The summed E-state index contributed by atoms with van der Waals surface area (Å²) in [7, 11) is 4.46. The van der Waals surface area contributed by atoms with Crippen LogP contribution in [-0.2, 0) is 0 Å². The van der Waals surface area contributed by atoms with Crippen molar-refractivity contribution in [3.05, 3.63) is 0 Å². The number of nitrogens with two attached hydrogens (primary N) is 1. The van der Waals surface area contributed by atoms with Gasteiger partial charge in [-0.2, -0.15) is 0 Å². The maximum atomic E-state index is 9.48. The van der Waals surface area contributed by atoms with E-state index in [2.05, 4.69) is 23.9 Å². The quantitative estimate of drug-likeness (QED) is 0.752. The first-order valence-corrected chi connectivity index (χ1v) is 7.83. The second-order valence-electron chi connectivity index (χ2n) is 6.81. The number of rotatable bonds is 6. The summed E-state index contributed by atoms with van der Waals surface area (Å²) in [5.74, 6) is 0.501. The van der Waals surface area contributed by atoms with Gasteiger partial charge >= 0.3 is 0 Å². The molecule has 3 atom stereocenters. The van der Waals surface area contributed by atoms with Crippen LogP contribution in [0.3, 0.4) is 0 Å². The zero-order valence-corrected chi connectivity index (χ0v) is 12.6. The summed E-state index contributed by atoms with van der Waals surface area (Å²) in [6.07, 6.45) is 7.16. The molecule has 1 saturated heterocycles. The average molecular weight is 269 g/mol. The van der Waals surface area contributed by atoms with Crippen molar-refractivity contribution < 1.29 is 5.11 Å². The number of likely N-dealkylation sites (tertiary alicyclic amines) is 1. The SMILES string of the molecule is CN(CCC1CCCC1(N)CO)CC1CCCN1C. The molecule has 2 rings (SSSR count).